The molecule has 0 unspecified atom stereocenters. The van der Waals surface area contributed by atoms with Crippen LogP contribution < -0.4 is 4.74 Å². The average Bonchev–Trinajstić information content (AvgIpc) is 2.65. The Bertz CT molecular complexity index is 547. The molecule has 2 rings (SSSR count). The molecule has 0 aliphatic rings. The van der Waals surface area contributed by atoms with E-state index in [1.807, 2.05) is 36.9 Å². The molecule has 0 radical (unpaired) electrons. The van der Waals surface area contributed by atoms with E-state index in [0.29, 0.717) is 6.61 Å². The highest BCUT2D eigenvalue weighted by Gasteiger charge is 2.13. The minimum atomic E-state index is 0.178. The van der Waals surface area contributed by atoms with E-state index in [1.54, 1.807) is 0 Å². The van der Waals surface area contributed by atoms with Gasteiger partial charge in [-0.3, -0.25) is 4.68 Å². The minimum absolute atomic E-state index is 0.178. The number of ether oxygens (including phenoxy) is 1. The van der Waals surface area contributed by atoms with Crippen LogP contribution in [-0.2, 0) is 19.1 Å². The Hall–Kier alpha value is -1.77. The molecule has 0 saturated heterocycles. The van der Waals surface area contributed by atoms with E-state index in [4.69, 9.17) is 4.74 Å². The van der Waals surface area contributed by atoms with E-state index >= 15 is 0 Å². The third kappa shape index (κ3) is 3.37. The van der Waals surface area contributed by atoms with Gasteiger partial charge >= 0.3 is 0 Å². The molecule has 1 heterocycles. The van der Waals surface area contributed by atoms with Crippen LogP contribution in [0.1, 0.15) is 37.7 Å². The van der Waals surface area contributed by atoms with Gasteiger partial charge in [0.2, 0.25) is 0 Å². The zero-order valence-electron chi connectivity index (χ0n) is 12.4. The van der Waals surface area contributed by atoms with E-state index in [2.05, 4.69) is 38.0 Å². The third-order valence-electron chi connectivity index (χ3n) is 3.21. The highest BCUT2D eigenvalue weighted by atomic mass is 16.5. The topological polar surface area (TPSA) is 27.1 Å². The van der Waals surface area contributed by atoms with Crippen molar-refractivity contribution in [2.75, 3.05) is 0 Å². The summed E-state index contributed by atoms with van der Waals surface area (Å²) >= 11 is 0. The van der Waals surface area contributed by atoms with Gasteiger partial charge in [-0.1, -0.05) is 32.9 Å². The molecule has 3 heteroatoms. The molecule has 0 spiro atoms. The molecule has 1 aromatic carbocycles. The Morgan fingerprint density at radius 3 is 2.26 bits per heavy atom. The Morgan fingerprint density at radius 1 is 1.16 bits per heavy atom. The Morgan fingerprint density at radius 2 is 1.79 bits per heavy atom. The van der Waals surface area contributed by atoms with Crippen LogP contribution in [-0.4, -0.2) is 9.78 Å². The lowest BCUT2D eigenvalue weighted by Gasteiger charge is -2.19. The number of hydrogen-bond donors (Lipinski definition) is 0. The maximum Gasteiger partial charge on any atom is 0.130 e. The summed E-state index contributed by atoms with van der Waals surface area (Å²) in [5.74, 6) is 0.895. The predicted octanol–water partition coefficient (Wildman–Crippen LogP) is 3.61. The number of nitrogens with zero attached hydrogens (tertiary/aromatic N) is 2. The maximum absolute atomic E-state index is 5.79. The van der Waals surface area contributed by atoms with Crippen molar-refractivity contribution in [1.29, 1.82) is 0 Å². The normalized spacial score (nSPS) is 11.6. The van der Waals surface area contributed by atoms with Crippen LogP contribution in [0, 0.1) is 6.92 Å². The van der Waals surface area contributed by atoms with Gasteiger partial charge in [-0.2, -0.15) is 5.10 Å². The first-order valence-corrected chi connectivity index (χ1v) is 6.59. The number of aryl methyl sites for hydroxylation is 2. The molecule has 0 bridgehead atoms. The lowest BCUT2D eigenvalue weighted by atomic mass is 9.87. The van der Waals surface area contributed by atoms with Crippen LogP contribution in [0.2, 0.25) is 0 Å². The van der Waals surface area contributed by atoms with Crippen LogP contribution in [0.3, 0.4) is 0 Å². The van der Waals surface area contributed by atoms with E-state index < -0.39 is 0 Å². The van der Waals surface area contributed by atoms with Crippen molar-refractivity contribution in [1.82, 2.24) is 9.78 Å². The molecule has 2 aromatic rings. The second-order valence-corrected chi connectivity index (χ2v) is 5.96. The summed E-state index contributed by atoms with van der Waals surface area (Å²) in [5, 5.41) is 4.31. The second kappa shape index (κ2) is 5.08. The summed E-state index contributed by atoms with van der Waals surface area (Å²) in [7, 11) is 1.94. The lowest BCUT2D eigenvalue weighted by Crippen LogP contribution is -2.10. The fourth-order valence-electron chi connectivity index (χ4n) is 2.01. The highest BCUT2D eigenvalue weighted by Crippen LogP contribution is 2.24. The molecule has 0 amide bonds. The number of hydrogen-bond acceptors (Lipinski definition) is 2. The zero-order chi connectivity index (χ0) is 14.0. The molecule has 0 aliphatic carbocycles. The van der Waals surface area contributed by atoms with Gasteiger partial charge in [-0.25, -0.2) is 0 Å². The summed E-state index contributed by atoms with van der Waals surface area (Å²) in [6.45, 7) is 9.16. The first-order valence-electron chi connectivity index (χ1n) is 6.59. The van der Waals surface area contributed by atoms with Gasteiger partial charge in [0, 0.05) is 7.05 Å². The van der Waals surface area contributed by atoms with E-state index in [-0.39, 0.29) is 5.41 Å². The van der Waals surface area contributed by atoms with Crippen molar-refractivity contribution < 1.29 is 4.74 Å². The molecule has 0 aliphatic heterocycles. The fraction of sp³-hybridized carbons (Fsp3) is 0.438. The average molecular weight is 258 g/mol. The van der Waals surface area contributed by atoms with Crippen molar-refractivity contribution >= 4 is 0 Å². The first-order chi connectivity index (χ1) is 8.86. The van der Waals surface area contributed by atoms with Gasteiger partial charge < -0.3 is 4.74 Å². The molecule has 102 valence electrons. The van der Waals surface area contributed by atoms with Crippen molar-refractivity contribution in [2.45, 2.75) is 39.7 Å². The molecule has 0 atom stereocenters. The summed E-state index contributed by atoms with van der Waals surface area (Å²) < 4.78 is 7.65. The lowest BCUT2D eigenvalue weighted by molar-refractivity contribution is 0.294. The van der Waals surface area contributed by atoms with Crippen LogP contribution >= 0.6 is 0 Å². The van der Waals surface area contributed by atoms with E-state index in [0.717, 1.165) is 17.1 Å². The van der Waals surface area contributed by atoms with Crippen LogP contribution in [0.4, 0.5) is 0 Å². The molecule has 19 heavy (non-hydrogen) atoms. The zero-order valence-corrected chi connectivity index (χ0v) is 12.4. The Balaban J connectivity index is 2.02. The Kier molecular flexibility index (Phi) is 3.65. The van der Waals surface area contributed by atoms with Gasteiger partial charge in [-0.15, -0.1) is 0 Å². The molecule has 3 nitrogen and oxygen atoms in total. The second-order valence-electron chi connectivity index (χ2n) is 5.96. The van der Waals surface area contributed by atoms with Gasteiger partial charge in [0.1, 0.15) is 12.4 Å². The first kappa shape index (κ1) is 13.7. The number of rotatable bonds is 3. The number of aromatic nitrogens is 2. The van der Waals surface area contributed by atoms with Crippen molar-refractivity contribution in [3.05, 3.63) is 47.3 Å². The Labute approximate surface area is 115 Å². The van der Waals surface area contributed by atoms with Gasteiger partial charge in [0.05, 0.1) is 11.4 Å². The van der Waals surface area contributed by atoms with Crippen LogP contribution in [0.5, 0.6) is 5.75 Å². The number of benzene rings is 1. The van der Waals surface area contributed by atoms with Crippen molar-refractivity contribution in [2.24, 2.45) is 7.05 Å². The molecule has 0 fully saturated rings. The highest BCUT2D eigenvalue weighted by molar-refractivity contribution is 5.31. The van der Waals surface area contributed by atoms with E-state index in [1.165, 1.54) is 5.56 Å². The molecular formula is C16H22N2O. The molecular weight excluding hydrogens is 236 g/mol. The summed E-state index contributed by atoms with van der Waals surface area (Å²) in [5.41, 5.74) is 3.59. The smallest absolute Gasteiger partial charge is 0.130 e. The van der Waals surface area contributed by atoms with Gasteiger partial charge in [0.15, 0.2) is 0 Å². The maximum atomic E-state index is 5.79. The minimum Gasteiger partial charge on any atom is -0.487 e. The van der Waals surface area contributed by atoms with Gasteiger partial charge in [-0.05, 0) is 36.1 Å². The molecule has 1 aromatic heterocycles. The van der Waals surface area contributed by atoms with Crippen LogP contribution in [0.25, 0.3) is 0 Å². The fourth-order valence-corrected chi connectivity index (χ4v) is 2.01. The summed E-state index contributed by atoms with van der Waals surface area (Å²) in [6, 6.07) is 10.4. The molecule has 0 N–H and O–H groups in total. The van der Waals surface area contributed by atoms with Crippen molar-refractivity contribution in [3.8, 4) is 5.75 Å². The van der Waals surface area contributed by atoms with Gasteiger partial charge in [0.25, 0.3) is 0 Å². The largest absolute Gasteiger partial charge is 0.487 e. The monoisotopic (exact) mass is 258 g/mol. The van der Waals surface area contributed by atoms with Crippen molar-refractivity contribution in [3.63, 3.8) is 0 Å². The summed E-state index contributed by atoms with van der Waals surface area (Å²) in [6.07, 6.45) is 0. The quantitative estimate of drug-likeness (QED) is 0.841. The summed E-state index contributed by atoms with van der Waals surface area (Å²) in [4.78, 5) is 0. The van der Waals surface area contributed by atoms with Crippen LogP contribution in [0.15, 0.2) is 30.3 Å². The van der Waals surface area contributed by atoms with E-state index in [9.17, 15) is 0 Å². The standard InChI is InChI=1S/C16H22N2O/c1-12-10-14(18(5)17-12)11-19-15-8-6-13(7-9-15)16(2,3)4/h6-10H,11H2,1-5H3. The SMILES string of the molecule is Cc1cc(COc2ccc(C(C)(C)C)cc2)n(C)n1. The molecule has 0 saturated carbocycles. The third-order valence-corrected chi connectivity index (χ3v) is 3.21. The predicted molar refractivity (Wildman–Crippen MR) is 77.4 cm³/mol.